The molecule has 0 aromatic heterocycles. The van der Waals surface area contributed by atoms with Gasteiger partial charge in [-0.2, -0.15) is 0 Å². The van der Waals surface area contributed by atoms with E-state index in [4.69, 9.17) is 0 Å². The third kappa shape index (κ3) is 3.87. The van der Waals surface area contributed by atoms with Crippen molar-refractivity contribution < 1.29 is 9.59 Å². The number of nitrogens with one attached hydrogen (secondary N) is 1. The molecule has 0 radical (unpaired) electrons. The first-order valence-electron chi connectivity index (χ1n) is 10.2. The number of rotatable bonds is 4. The number of benzene rings is 1. The molecule has 0 atom stereocenters. The van der Waals surface area contributed by atoms with Gasteiger partial charge in [0.15, 0.2) is 0 Å². The topological polar surface area (TPSA) is 52.7 Å². The second-order valence-corrected chi connectivity index (χ2v) is 7.91. The minimum absolute atomic E-state index is 0.171. The van der Waals surface area contributed by atoms with E-state index in [-0.39, 0.29) is 23.8 Å². The van der Waals surface area contributed by atoms with E-state index in [1.165, 1.54) is 6.42 Å². The molecule has 26 heavy (non-hydrogen) atoms. The first kappa shape index (κ1) is 17.4. The summed E-state index contributed by atoms with van der Waals surface area (Å²) in [5, 5.41) is 3.20. The van der Waals surface area contributed by atoms with Crippen molar-refractivity contribution in [2.24, 2.45) is 5.92 Å². The zero-order valence-electron chi connectivity index (χ0n) is 15.5. The lowest BCUT2D eigenvalue weighted by molar-refractivity contribution is -0.123. The van der Waals surface area contributed by atoms with Crippen LogP contribution in [0, 0.1) is 5.92 Å². The van der Waals surface area contributed by atoms with Gasteiger partial charge in [-0.1, -0.05) is 12.1 Å². The average Bonchev–Trinajstić information content (AvgIpc) is 3.54. The highest BCUT2D eigenvalue weighted by molar-refractivity contribution is 6.00. The van der Waals surface area contributed by atoms with Crippen LogP contribution < -0.4 is 10.2 Å². The highest BCUT2D eigenvalue weighted by atomic mass is 16.2. The average molecular weight is 355 g/mol. The fraction of sp³-hybridized carbons (Fsp3) is 0.619. The first-order chi connectivity index (χ1) is 12.7. The van der Waals surface area contributed by atoms with Crippen molar-refractivity contribution in [2.45, 2.75) is 51.0 Å². The minimum Gasteiger partial charge on any atom is -0.371 e. The van der Waals surface area contributed by atoms with Crippen molar-refractivity contribution in [3.05, 3.63) is 29.8 Å². The molecule has 2 aliphatic heterocycles. The number of carbonyl (C=O) groups is 2. The predicted octanol–water partition coefficient (Wildman–Crippen LogP) is 2.81. The summed E-state index contributed by atoms with van der Waals surface area (Å²) < 4.78 is 0. The molecule has 1 aromatic carbocycles. The molecular formula is C21H29N3O2. The van der Waals surface area contributed by atoms with Gasteiger partial charge in [0.25, 0.3) is 5.91 Å². The minimum atomic E-state index is 0.171. The molecule has 1 saturated carbocycles. The highest BCUT2D eigenvalue weighted by Gasteiger charge is 2.32. The van der Waals surface area contributed by atoms with E-state index < -0.39 is 0 Å². The highest BCUT2D eigenvalue weighted by Crippen LogP contribution is 2.30. The molecule has 1 aliphatic carbocycles. The molecule has 5 nitrogen and oxygen atoms in total. The number of amides is 2. The molecule has 2 saturated heterocycles. The van der Waals surface area contributed by atoms with Gasteiger partial charge in [-0.05, 0) is 57.1 Å². The molecule has 1 N–H and O–H groups in total. The van der Waals surface area contributed by atoms with Crippen molar-refractivity contribution >= 4 is 17.5 Å². The maximum absolute atomic E-state index is 13.0. The van der Waals surface area contributed by atoms with Gasteiger partial charge in [-0.15, -0.1) is 0 Å². The van der Waals surface area contributed by atoms with E-state index in [2.05, 4.69) is 16.3 Å². The monoisotopic (exact) mass is 355 g/mol. The van der Waals surface area contributed by atoms with E-state index in [1.807, 2.05) is 23.1 Å². The summed E-state index contributed by atoms with van der Waals surface area (Å²) in [5.41, 5.74) is 1.88. The Morgan fingerprint density at radius 3 is 2.27 bits per heavy atom. The molecule has 4 rings (SSSR count). The van der Waals surface area contributed by atoms with E-state index in [0.29, 0.717) is 0 Å². The molecule has 2 heterocycles. The fourth-order valence-corrected chi connectivity index (χ4v) is 4.13. The predicted molar refractivity (Wildman–Crippen MR) is 102 cm³/mol. The quantitative estimate of drug-likeness (QED) is 0.904. The van der Waals surface area contributed by atoms with Crippen molar-refractivity contribution in [3.63, 3.8) is 0 Å². The summed E-state index contributed by atoms with van der Waals surface area (Å²) in [6, 6.07) is 8.30. The molecule has 1 aromatic rings. The van der Waals surface area contributed by atoms with E-state index in [1.54, 1.807) is 0 Å². The number of anilines is 1. The third-order valence-electron chi connectivity index (χ3n) is 5.91. The number of para-hydroxylation sites is 1. The number of likely N-dealkylation sites (tertiary alicyclic amines) is 1. The van der Waals surface area contributed by atoms with Crippen LogP contribution in [-0.4, -0.2) is 48.9 Å². The Morgan fingerprint density at radius 2 is 1.58 bits per heavy atom. The largest absolute Gasteiger partial charge is 0.371 e. The van der Waals surface area contributed by atoms with Crippen LogP contribution in [-0.2, 0) is 4.79 Å². The van der Waals surface area contributed by atoms with E-state index in [9.17, 15) is 9.59 Å². The summed E-state index contributed by atoms with van der Waals surface area (Å²) in [7, 11) is 0. The molecule has 3 fully saturated rings. The van der Waals surface area contributed by atoms with Crippen LogP contribution in [0.2, 0.25) is 0 Å². The normalized spacial score (nSPS) is 21.5. The lowest BCUT2D eigenvalue weighted by atomic mass is 10.0. The number of hydrogen-bond acceptors (Lipinski definition) is 3. The van der Waals surface area contributed by atoms with Gasteiger partial charge in [0.05, 0.1) is 5.56 Å². The lowest BCUT2D eigenvalue weighted by Gasteiger charge is -2.36. The second-order valence-electron chi connectivity index (χ2n) is 7.91. The van der Waals surface area contributed by atoms with Crippen molar-refractivity contribution in [2.75, 3.05) is 31.1 Å². The Labute approximate surface area is 155 Å². The van der Waals surface area contributed by atoms with E-state index in [0.717, 1.165) is 76.0 Å². The van der Waals surface area contributed by atoms with Crippen LogP contribution in [0.4, 0.5) is 5.69 Å². The van der Waals surface area contributed by atoms with Gasteiger partial charge in [-0.25, -0.2) is 0 Å². The number of carbonyl (C=O) groups excluding carboxylic acids is 2. The van der Waals surface area contributed by atoms with Crippen LogP contribution >= 0.6 is 0 Å². The van der Waals surface area contributed by atoms with Crippen LogP contribution in [0.15, 0.2) is 24.3 Å². The fourth-order valence-electron chi connectivity index (χ4n) is 4.13. The maximum Gasteiger partial charge on any atom is 0.255 e. The zero-order valence-corrected chi connectivity index (χ0v) is 15.5. The van der Waals surface area contributed by atoms with Gasteiger partial charge in [0.1, 0.15) is 0 Å². The van der Waals surface area contributed by atoms with Gasteiger partial charge in [0, 0.05) is 43.8 Å². The lowest BCUT2D eigenvalue weighted by Crippen LogP contribution is -2.45. The Hall–Kier alpha value is -2.04. The first-order valence-corrected chi connectivity index (χ1v) is 10.2. The molecule has 0 bridgehead atoms. The Morgan fingerprint density at radius 1 is 0.885 bits per heavy atom. The van der Waals surface area contributed by atoms with Gasteiger partial charge < -0.3 is 15.1 Å². The van der Waals surface area contributed by atoms with E-state index >= 15 is 0 Å². The summed E-state index contributed by atoms with van der Waals surface area (Å²) >= 11 is 0. The Kier molecular flexibility index (Phi) is 5.14. The molecule has 3 aliphatic rings. The summed E-state index contributed by atoms with van der Waals surface area (Å²) in [4.78, 5) is 29.3. The number of piperidine rings is 2. The van der Waals surface area contributed by atoms with Crippen molar-refractivity contribution in [1.82, 2.24) is 10.2 Å². The Balaban J connectivity index is 1.40. The van der Waals surface area contributed by atoms with Crippen LogP contribution in [0.25, 0.3) is 0 Å². The smallest absolute Gasteiger partial charge is 0.255 e. The summed E-state index contributed by atoms with van der Waals surface area (Å²) in [6.45, 7) is 3.53. The number of hydrogen-bond donors (Lipinski definition) is 1. The maximum atomic E-state index is 13.0. The Bertz CT molecular complexity index is 657. The van der Waals surface area contributed by atoms with Crippen LogP contribution in [0.3, 0.4) is 0 Å². The molecule has 140 valence electrons. The zero-order chi connectivity index (χ0) is 17.9. The van der Waals surface area contributed by atoms with Gasteiger partial charge in [0.2, 0.25) is 5.91 Å². The SMILES string of the molecule is O=C(NC1CCN(c2ccccc2C(=O)N2CCCCC2)CC1)C1CC1. The van der Waals surface area contributed by atoms with Crippen molar-refractivity contribution in [1.29, 1.82) is 0 Å². The standard InChI is InChI=1S/C21H29N3O2/c25-20(16-8-9-16)22-17-10-14-23(15-11-17)19-7-3-2-6-18(19)21(26)24-12-4-1-5-13-24/h2-3,6-7,16-17H,1,4-5,8-15H2,(H,22,25). The third-order valence-corrected chi connectivity index (χ3v) is 5.91. The molecule has 0 spiro atoms. The van der Waals surface area contributed by atoms with Crippen LogP contribution in [0.5, 0.6) is 0 Å². The molecular weight excluding hydrogens is 326 g/mol. The molecule has 0 unspecified atom stereocenters. The summed E-state index contributed by atoms with van der Waals surface area (Å²) in [6.07, 6.45) is 7.45. The van der Waals surface area contributed by atoms with Crippen molar-refractivity contribution in [3.8, 4) is 0 Å². The van der Waals surface area contributed by atoms with Crippen LogP contribution in [0.1, 0.15) is 55.3 Å². The molecule has 2 amide bonds. The van der Waals surface area contributed by atoms with Gasteiger partial charge in [-0.3, -0.25) is 9.59 Å². The second kappa shape index (κ2) is 7.68. The van der Waals surface area contributed by atoms with Gasteiger partial charge >= 0.3 is 0 Å². The summed E-state index contributed by atoms with van der Waals surface area (Å²) in [5.74, 6) is 0.685. The molecule has 5 heteroatoms. The number of nitrogens with zero attached hydrogens (tertiary/aromatic N) is 2.